The summed E-state index contributed by atoms with van der Waals surface area (Å²) in [5.41, 5.74) is 3.62. The first-order chi connectivity index (χ1) is 10.7. The topological polar surface area (TPSA) is 46.6 Å². The molecule has 4 nitrogen and oxygen atoms in total. The Morgan fingerprint density at radius 2 is 1.95 bits per heavy atom. The Morgan fingerprint density at radius 3 is 2.73 bits per heavy atom. The lowest BCUT2D eigenvalue weighted by Gasteiger charge is -2.19. The Bertz CT molecular complexity index is 786. The summed E-state index contributed by atoms with van der Waals surface area (Å²) in [6.45, 7) is 0.407. The summed E-state index contributed by atoms with van der Waals surface area (Å²) in [5.74, 6) is -0.670. The molecule has 0 spiro atoms. The number of ether oxygens (including phenoxy) is 1. The Balaban J connectivity index is 1.80. The van der Waals surface area contributed by atoms with Gasteiger partial charge in [0.25, 0.3) is 0 Å². The van der Waals surface area contributed by atoms with E-state index in [1.54, 1.807) is 4.90 Å². The minimum Gasteiger partial charge on any atom is -0.469 e. The van der Waals surface area contributed by atoms with Gasteiger partial charge < -0.3 is 9.64 Å². The average molecular weight is 295 g/mol. The molecule has 2 aromatic carbocycles. The van der Waals surface area contributed by atoms with Gasteiger partial charge in [0.2, 0.25) is 5.91 Å². The fourth-order valence-corrected chi connectivity index (χ4v) is 3.73. The molecule has 1 fully saturated rings. The Morgan fingerprint density at radius 1 is 1.18 bits per heavy atom. The number of esters is 1. The molecule has 0 radical (unpaired) electrons. The Hall–Kier alpha value is -2.36. The summed E-state index contributed by atoms with van der Waals surface area (Å²) in [5, 5.41) is 2.40. The van der Waals surface area contributed by atoms with Crippen molar-refractivity contribution >= 4 is 28.3 Å². The highest BCUT2D eigenvalue weighted by Crippen LogP contribution is 2.38. The summed E-state index contributed by atoms with van der Waals surface area (Å²) in [7, 11) is 1.37. The van der Waals surface area contributed by atoms with Gasteiger partial charge in [-0.15, -0.1) is 0 Å². The zero-order chi connectivity index (χ0) is 15.3. The molecule has 1 amide bonds. The minimum atomic E-state index is -0.361. The molecule has 4 heteroatoms. The van der Waals surface area contributed by atoms with Gasteiger partial charge in [-0.25, -0.2) is 0 Å². The predicted octanol–water partition coefficient (Wildman–Crippen LogP) is 2.46. The van der Waals surface area contributed by atoms with Crippen molar-refractivity contribution in [1.29, 1.82) is 0 Å². The van der Waals surface area contributed by atoms with Crippen LogP contribution >= 0.6 is 0 Å². The van der Waals surface area contributed by atoms with Crippen LogP contribution in [0.2, 0.25) is 0 Å². The fraction of sp³-hybridized carbons (Fsp3) is 0.333. The van der Waals surface area contributed by atoms with Crippen molar-refractivity contribution in [1.82, 2.24) is 0 Å². The lowest BCUT2D eigenvalue weighted by Crippen LogP contribution is -2.26. The number of anilines is 1. The molecule has 0 saturated carbocycles. The van der Waals surface area contributed by atoms with Crippen molar-refractivity contribution in [3.63, 3.8) is 0 Å². The normalized spacial score (nSPS) is 20.0. The van der Waals surface area contributed by atoms with E-state index in [2.05, 4.69) is 24.3 Å². The van der Waals surface area contributed by atoms with Gasteiger partial charge in [-0.3, -0.25) is 9.59 Å². The second-order valence-electron chi connectivity index (χ2n) is 6.01. The number of hydrogen-bond donors (Lipinski definition) is 0. The molecule has 4 rings (SSSR count). The van der Waals surface area contributed by atoms with E-state index in [1.165, 1.54) is 23.6 Å². The molecule has 1 saturated heterocycles. The molecule has 2 aromatic rings. The smallest absolute Gasteiger partial charge is 0.311 e. The maximum Gasteiger partial charge on any atom is 0.311 e. The second-order valence-corrected chi connectivity index (χ2v) is 6.01. The van der Waals surface area contributed by atoms with E-state index < -0.39 is 0 Å². The van der Waals surface area contributed by atoms with Crippen molar-refractivity contribution in [2.45, 2.75) is 19.3 Å². The number of amides is 1. The number of methoxy groups -OCH3 is 1. The van der Waals surface area contributed by atoms with Gasteiger partial charge in [-0.1, -0.05) is 24.3 Å². The molecule has 1 aliphatic heterocycles. The molecule has 1 unspecified atom stereocenters. The number of benzene rings is 2. The third kappa shape index (κ3) is 1.83. The molecular weight excluding hydrogens is 278 g/mol. The van der Waals surface area contributed by atoms with Crippen LogP contribution in [-0.4, -0.2) is 25.5 Å². The predicted molar refractivity (Wildman–Crippen MR) is 83.8 cm³/mol. The Labute approximate surface area is 128 Å². The zero-order valence-corrected chi connectivity index (χ0v) is 12.5. The second kappa shape index (κ2) is 4.83. The van der Waals surface area contributed by atoms with Crippen LogP contribution in [0, 0.1) is 5.92 Å². The summed E-state index contributed by atoms with van der Waals surface area (Å²) in [6.07, 6.45) is 2.36. The van der Waals surface area contributed by atoms with Gasteiger partial charge in [-0.2, -0.15) is 0 Å². The summed E-state index contributed by atoms with van der Waals surface area (Å²) in [4.78, 5) is 25.8. The van der Waals surface area contributed by atoms with E-state index in [4.69, 9.17) is 4.74 Å². The van der Waals surface area contributed by atoms with Crippen molar-refractivity contribution < 1.29 is 14.3 Å². The molecule has 0 bridgehead atoms. The molecular formula is C18H17NO3. The van der Waals surface area contributed by atoms with Gasteiger partial charge in [0.1, 0.15) is 0 Å². The summed E-state index contributed by atoms with van der Waals surface area (Å²) < 4.78 is 4.78. The van der Waals surface area contributed by atoms with E-state index in [1.807, 2.05) is 6.07 Å². The quantitative estimate of drug-likeness (QED) is 0.800. The van der Waals surface area contributed by atoms with Gasteiger partial charge in [0.15, 0.2) is 0 Å². The first kappa shape index (κ1) is 13.3. The minimum absolute atomic E-state index is 0.00546. The lowest BCUT2D eigenvalue weighted by molar-refractivity contribution is -0.145. The number of carbonyl (C=O) groups excluding carboxylic acids is 2. The van der Waals surface area contributed by atoms with Crippen LogP contribution in [0.3, 0.4) is 0 Å². The fourth-order valence-electron chi connectivity index (χ4n) is 3.73. The van der Waals surface area contributed by atoms with Crippen LogP contribution in [0.25, 0.3) is 10.8 Å². The SMILES string of the molecule is COC(=O)C1CC(=O)N(c2ccc3c4c(cccc24)CC3)C1. The monoisotopic (exact) mass is 295 g/mol. The van der Waals surface area contributed by atoms with Crippen molar-refractivity contribution in [2.75, 3.05) is 18.6 Å². The summed E-state index contributed by atoms with van der Waals surface area (Å²) in [6, 6.07) is 10.4. The molecule has 0 N–H and O–H groups in total. The molecule has 1 aliphatic carbocycles. The van der Waals surface area contributed by atoms with E-state index in [0.29, 0.717) is 6.54 Å². The van der Waals surface area contributed by atoms with E-state index in [0.717, 1.165) is 23.9 Å². The maximum atomic E-state index is 12.4. The van der Waals surface area contributed by atoms with E-state index in [-0.39, 0.29) is 24.2 Å². The third-order valence-corrected chi connectivity index (χ3v) is 4.80. The van der Waals surface area contributed by atoms with Crippen LogP contribution < -0.4 is 4.90 Å². The molecule has 22 heavy (non-hydrogen) atoms. The van der Waals surface area contributed by atoms with Gasteiger partial charge in [0.05, 0.1) is 18.7 Å². The first-order valence-corrected chi connectivity index (χ1v) is 7.60. The standard InChI is InChI=1S/C18H17NO3/c1-22-18(21)13-9-16(20)19(10-13)15-8-7-12-6-5-11-3-2-4-14(15)17(11)12/h2-4,7-8,13H,5-6,9-10H2,1H3. The molecule has 0 aromatic heterocycles. The molecule has 112 valence electrons. The molecule has 2 aliphatic rings. The van der Waals surface area contributed by atoms with Crippen LogP contribution in [0.15, 0.2) is 30.3 Å². The van der Waals surface area contributed by atoms with Crippen LogP contribution in [0.1, 0.15) is 17.5 Å². The number of nitrogens with zero attached hydrogens (tertiary/aromatic N) is 1. The van der Waals surface area contributed by atoms with E-state index >= 15 is 0 Å². The largest absolute Gasteiger partial charge is 0.469 e. The third-order valence-electron chi connectivity index (χ3n) is 4.80. The molecule has 1 heterocycles. The highest BCUT2D eigenvalue weighted by Gasteiger charge is 2.36. The van der Waals surface area contributed by atoms with Crippen molar-refractivity contribution in [3.05, 3.63) is 41.5 Å². The van der Waals surface area contributed by atoms with Crippen LogP contribution in [0.5, 0.6) is 0 Å². The van der Waals surface area contributed by atoms with Crippen molar-refractivity contribution in [3.8, 4) is 0 Å². The van der Waals surface area contributed by atoms with Crippen molar-refractivity contribution in [2.24, 2.45) is 5.92 Å². The Kier molecular flexibility index (Phi) is 2.93. The maximum absolute atomic E-state index is 12.4. The number of carbonyl (C=O) groups is 2. The number of rotatable bonds is 2. The highest BCUT2D eigenvalue weighted by atomic mass is 16.5. The lowest BCUT2D eigenvalue weighted by atomic mass is 10.0. The van der Waals surface area contributed by atoms with Gasteiger partial charge in [-0.05, 0) is 35.4 Å². The number of hydrogen-bond acceptors (Lipinski definition) is 3. The molecule has 1 atom stereocenters. The zero-order valence-electron chi connectivity index (χ0n) is 12.5. The van der Waals surface area contributed by atoms with Crippen LogP contribution in [-0.2, 0) is 27.2 Å². The first-order valence-electron chi connectivity index (χ1n) is 7.60. The van der Waals surface area contributed by atoms with Crippen LogP contribution in [0.4, 0.5) is 5.69 Å². The van der Waals surface area contributed by atoms with Gasteiger partial charge >= 0.3 is 5.97 Å². The number of aryl methyl sites for hydroxylation is 2. The highest BCUT2D eigenvalue weighted by molar-refractivity contribution is 6.08. The van der Waals surface area contributed by atoms with E-state index in [9.17, 15) is 9.59 Å². The average Bonchev–Trinajstić information content (AvgIpc) is 3.13. The van der Waals surface area contributed by atoms with Gasteiger partial charge in [0, 0.05) is 18.4 Å². The summed E-state index contributed by atoms with van der Waals surface area (Å²) >= 11 is 0.